The lowest BCUT2D eigenvalue weighted by molar-refractivity contribution is 0.596. The van der Waals surface area contributed by atoms with Crippen LogP contribution in [0, 0.1) is 18.3 Å². The molecule has 1 aromatic heterocycles. The van der Waals surface area contributed by atoms with E-state index in [1.165, 1.54) is 36.4 Å². The van der Waals surface area contributed by atoms with Gasteiger partial charge in [0.2, 0.25) is 9.84 Å². The molecule has 0 fully saturated rings. The number of benzene rings is 2. The molecule has 0 aliphatic heterocycles. The third-order valence-corrected chi connectivity index (χ3v) is 5.92. The zero-order valence-corrected chi connectivity index (χ0v) is 15.2. The summed E-state index contributed by atoms with van der Waals surface area (Å²) in [6.07, 6.45) is 0. The first kappa shape index (κ1) is 17.9. The van der Waals surface area contributed by atoms with E-state index in [0.29, 0.717) is 21.8 Å². The fourth-order valence-electron chi connectivity index (χ4n) is 2.59. The van der Waals surface area contributed by atoms with Crippen LogP contribution in [0.5, 0.6) is 0 Å². The lowest BCUT2D eigenvalue weighted by atomic mass is 10.0. The summed E-state index contributed by atoms with van der Waals surface area (Å²) < 4.78 is 25.3. The number of aromatic amines is 1. The minimum absolute atomic E-state index is 0.0103. The number of nitrogens with zero attached hydrogens (tertiary/aromatic N) is 1. The fourth-order valence-corrected chi connectivity index (χ4v) is 3.98. The Labute approximate surface area is 155 Å². The van der Waals surface area contributed by atoms with Gasteiger partial charge in [0.15, 0.2) is 0 Å². The van der Waals surface area contributed by atoms with Crippen LogP contribution in [0.2, 0.25) is 5.02 Å². The molecule has 3 aromatic rings. The molecule has 3 rings (SSSR count). The molecule has 1 N–H and O–H groups in total. The highest BCUT2D eigenvalue weighted by Gasteiger charge is 2.18. The number of aromatic nitrogens is 1. The van der Waals surface area contributed by atoms with E-state index in [1.54, 1.807) is 25.1 Å². The van der Waals surface area contributed by atoms with Crippen LogP contribution in [0.3, 0.4) is 0 Å². The predicted molar refractivity (Wildman–Crippen MR) is 98.9 cm³/mol. The van der Waals surface area contributed by atoms with Gasteiger partial charge in [-0.25, -0.2) is 8.42 Å². The molecule has 0 amide bonds. The second kappa shape index (κ2) is 6.79. The quantitative estimate of drug-likeness (QED) is 0.745. The highest BCUT2D eigenvalue weighted by molar-refractivity contribution is 7.91. The maximum absolute atomic E-state index is 12.7. The third kappa shape index (κ3) is 3.27. The van der Waals surface area contributed by atoms with E-state index in [2.05, 4.69) is 4.98 Å². The van der Waals surface area contributed by atoms with Gasteiger partial charge in [0.1, 0.15) is 11.6 Å². The van der Waals surface area contributed by atoms with Crippen molar-refractivity contribution in [1.29, 1.82) is 5.26 Å². The van der Waals surface area contributed by atoms with Gasteiger partial charge in [0.25, 0.3) is 5.56 Å². The Bertz CT molecular complexity index is 1170. The Morgan fingerprint density at radius 3 is 2.08 bits per heavy atom. The lowest BCUT2D eigenvalue weighted by Gasteiger charge is -2.08. The Morgan fingerprint density at radius 1 is 1.00 bits per heavy atom. The summed E-state index contributed by atoms with van der Waals surface area (Å²) in [5, 5.41) is 9.68. The van der Waals surface area contributed by atoms with Crippen molar-refractivity contribution in [2.45, 2.75) is 16.7 Å². The fraction of sp³-hybridized carbons (Fsp3) is 0.0526. The molecular weight excluding hydrogens is 372 g/mol. The molecule has 0 aliphatic carbocycles. The number of nitriles is 1. The molecule has 0 aliphatic rings. The van der Waals surface area contributed by atoms with E-state index < -0.39 is 15.4 Å². The Morgan fingerprint density at radius 2 is 1.54 bits per heavy atom. The summed E-state index contributed by atoms with van der Waals surface area (Å²) in [6.45, 7) is 1.71. The molecule has 0 atom stereocenters. The monoisotopic (exact) mass is 384 g/mol. The zero-order valence-electron chi connectivity index (χ0n) is 13.7. The van der Waals surface area contributed by atoms with Crippen LogP contribution in [-0.2, 0) is 9.84 Å². The molecule has 26 heavy (non-hydrogen) atoms. The molecule has 7 heteroatoms. The third-order valence-electron chi connectivity index (χ3n) is 3.88. The second-order valence-corrected chi connectivity index (χ2v) is 8.05. The number of hydrogen-bond acceptors (Lipinski definition) is 4. The van der Waals surface area contributed by atoms with Gasteiger partial charge < -0.3 is 4.98 Å². The SMILES string of the molecule is Cc1cc(-c2ccc(S(=O)(=O)c3ccc(Cl)cc3)cc2)c(C#N)c(=O)[nH]1. The van der Waals surface area contributed by atoms with Crippen molar-refractivity contribution in [1.82, 2.24) is 4.98 Å². The summed E-state index contributed by atoms with van der Waals surface area (Å²) in [6, 6.07) is 15.6. The van der Waals surface area contributed by atoms with Crippen molar-refractivity contribution in [3.8, 4) is 17.2 Å². The average molecular weight is 385 g/mol. The molecule has 2 aromatic carbocycles. The van der Waals surface area contributed by atoms with Gasteiger partial charge in [-0.3, -0.25) is 4.79 Å². The molecule has 0 saturated heterocycles. The molecule has 0 saturated carbocycles. The van der Waals surface area contributed by atoms with Gasteiger partial charge in [-0.05, 0) is 55.0 Å². The smallest absolute Gasteiger partial charge is 0.266 e. The molecule has 0 radical (unpaired) electrons. The minimum Gasteiger partial charge on any atom is -0.325 e. The number of sulfone groups is 1. The number of nitrogens with one attached hydrogen (secondary N) is 1. The topological polar surface area (TPSA) is 90.8 Å². The molecule has 0 spiro atoms. The normalized spacial score (nSPS) is 11.1. The number of H-pyrrole nitrogens is 1. The van der Waals surface area contributed by atoms with Gasteiger partial charge in [-0.15, -0.1) is 0 Å². The van der Waals surface area contributed by atoms with E-state index >= 15 is 0 Å². The van der Waals surface area contributed by atoms with Gasteiger partial charge in [-0.2, -0.15) is 5.26 Å². The van der Waals surface area contributed by atoms with E-state index in [0.717, 1.165) is 0 Å². The first-order chi connectivity index (χ1) is 12.3. The van der Waals surface area contributed by atoms with Crippen LogP contribution in [0.25, 0.3) is 11.1 Å². The maximum atomic E-state index is 12.7. The first-order valence-corrected chi connectivity index (χ1v) is 9.44. The van der Waals surface area contributed by atoms with Crippen LogP contribution in [0.1, 0.15) is 11.3 Å². The maximum Gasteiger partial charge on any atom is 0.266 e. The van der Waals surface area contributed by atoms with Crippen molar-refractivity contribution < 1.29 is 8.42 Å². The number of hydrogen-bond donors (Lipinski definition) is 1. The van der Waals surface area contributed by atoms with Gasteiger partial charge >= 0.3 is 0 Å². The van der Waals surface area contributed by atoms with Crippen molar-refractivity contribution in [3.05, 3.63) is 81.2 Å². The summed E-state index contributed by atoms with van der Waals surface area (Å²) in [5.41, 5.74) is 1.18. The molecule has 0 bridgehead atoms. The number of halogens is 1. The van der Waals surface area contributed by atoms with Crippen LogP contribution >= 0.6 is 11.6 Å². The summed E-state index contributed by atoms with van der Waals surface area (Å²) >= 11 is 5.80. The van der Waals surface area contributed by atoms with Crippen molar-refractivity contribution in [2.75, 3.05) is 0 Å². The minimum atomic E-state index is -3.68. The molecular formula is C19H13ClN2O3S. The largest absolute Gasteiger partial charge is 0.325 e. The van der Waals surface area contributed by atoms with Crippen LogP contribution in [0.4, 0.5) is 0 Å². The van der Waals surface area contributed by atoms with Gasteiger partial charge in [0.05, 0.1) is 9.79 Å². The standard InChI is InChI=1S/C19H13ClN2O3S/c1-12-10-17(18(11-21)19(23)22-12)13-2-6-15(7-3-13)26(24,25)16-8-4-14(20)5-9-16/h2-10H,1H3,(H,22,23). The Kier molecular flexibility index (Phi) is 4.68. The summed E-state index contributed by atoms with van der Waals surface area (Å²) in [5.74, 6) is 0. The highest BCUT2D eigenvalue weighted by Crippen LogP contribution is 2.27. The van der Waals surface area contributed by atoms with E-state index in [-0.39, 0.29) is 15.4 Å². The van der Waals surface area contributed by atoms with Crippen LogP contribution in [0.15, 0.2) is 69.2 Å². The number of rotatable bonds is 3. The molecule has 1 heterocycles. The van der Waals surface area contributed by atoms with Gasteiger partial charge in [0, 0.05) is 16.3 Å². The summed E-state index contributed by atoms with van der Waals surface area (Å²) in [7, 11) is -3.68. The summed E-state index contributed by atoms with van der Waals surface area (Å²) in [4.78, 5) is 14.7. The lowest BCUT2D eigenvalue weighted by Crippen LogP contribution is -2.12. The van der Waals surface area contributed by atoms with Crippen LogP contribution in [-0.4, -0.2) is 13.4 Å². The Balaban J connectivity index is 2.06. The van der Waals surface area contributed by atoms with E-state index in [4.69, 9.17) is 11.6 Å². The first-order valence-electron chi connectivity index (χ1n) is 7.58. The second-order valence-electron chi connectivity index (χ2n) is 5.66. The van der Waals surface area contributed by atoms with Crippen molar-refractivity contribution in [3.63, 3.8) is 0 Å². The van der Waals surface area contributed by atoms with Crippen molar-refractivity contribution >= 4 is 21.4 Å². The average Bonchev–Trinajstić information content (AvgIpc) is 2.61. The number of aryl methyl sites for hydroxylation is 1. The van der Waals surface area contributed by atoms with Gasteiger partial charge in [-0.1, -0.05) is 23.7 Å². The molecule has 5 nitrogen and oxygen atoms in total. The molecule has 130 valence electrons. The zero-order chi connectivity index (χ0) is 18.9. The highest BCUT2D eigenvalue weighted by atomic mass is 35.5. The predicted octanol–water partition coefficient (Wildman–Crippen LogP) is 3.71. The van der Waals surface area contributed by atoms with Crippen LogP contribution < -0.4 is 5.56 Å². The van der Waals surface area contributed by atoms with E-state index in [9.17, 15) is 18.5 Å². The number of pyridine rings is 1. The van der Waals surface area contributed by atoms with E-state index in [1.807, 2.05) is 6.07 Å². The Hall–Kier alpha value is -2.88. The van der Waals surface area contributed by atoms with Crippen molar-refractivity contribution in [2.24, 2.45) is 0 Å². The molecule has 0 unspecified atom stereocenters.